The number of anilines is 1. The van der Waals surface area contributed by atoms with Crippen LogP contribution >= 0.6 is 0 Å². The molecule has 4 rings (SSSR count). The van der Waals surface area contributed by atoms with E-state index in [1.807, 2.05) is 30.3 Å². The second kappa shape index (κ2) is 5.26. The minimum Gasteiger partial charge on any atom is -0.306 e. The number of para-hydroxylation sites is 1. The van der Waals surface area contributed by atoms with Crippen LogP contribution in [0.25, 0.3) is 10.9 Å². The van der Waals surface area contributed by atoms with Crippen molar-refractivity contribution in [3.63, 3.8) is 0 Å². The first-order valence-corrected chi connectivity index (χ1v) is 7.52. The molecule has 0 atom stereocenters. The highest BCUT2D eigenvalue weighted by atomic mass is 16.2. The molecule has 1 N–H and O–H groups in total. The molecular formula is C17H16N4O. The van der Waals surface area contributed by atoms with E-state index in [1.54, 1.807) is 17.1 Å². The van der Waals surface area contributed by atoms with E-state index in [2.05, 4.69) is 15.3 Å². The van der Waals surface area contributed by atoms with Gasteiger partial charge in [-0.3, -0.25) is 9.55 Å². The van der Waals surface area contributed by atoms with Crippen LogP contribution < -0.4 is 5.32 Å². The van der Waals surface area contributed by atoms with Crippen LogP contribution in [-0.2, 0) is 12.8 Å². The van der Waals surface area contributed by atoms with Crippen molar-refractivity contribution < 1.29 is 4.79 Å². The highest BCUT2D eigenvalue weighted by Crippen LogP contribution is 2.21. The van der Waals surface area contributed by atoms with Crippen LogP contribution in [0.5, 0.6) is 0 Å². The van der Waals surface area contributed by atoms with E-state index >= 15 is 0 Å². The normalized spacial score (nSPS) is 13.8. The van der Waals surface area contributed by atoms with Gasteiger partial charge >= 0.3 is 6.03 Å². The summed E-state index contributed by atoms with van der Waals surface area (Å²) in [5.74, 6) is 0. The zero-order valence-electron chi connectivity index (χ0n) is 12.1. The zero-order valence-corrected chi connectivity index (χ0v) is 12.1. The van der Waals surface area contributed by atoms with Crippen molar-refractivity contribution in [2.75, 3.05) is 5.32 Å². The molecule has 2 aromatic heterocycles. The van der Waals surface area contributed by atoms with Crippen LogP contribution in [0.1, 0.15) is 24.2 Å². The Labute approximate surface area is 128 Å². The zero-order chi connectivity index (χ0) is 14.9. The van der Waals surface area contributed by atoms with Gasteiger partial charge in [-0.15, -0.1) is 0 Å². The molecule has 22 heavy (non-hydrogen) atoms. The number of imidazole rings is 1. The summed E-state index contributed by atoms with van der Waals surface area (Å²) >= 11 is 0. The molecule has 0 bridgehead atoms. The maximum Gasteiger partial charge on any atom is 0.331 e. The highest BCUT2D eigenvalue weighted by molar-refractivity contribution is 5.93. The fraction of sp³-hybridized carbons (Fsp3) is 0.235. The molecule has 0 fully saturated rings. The Balaban J connectivity index is 1.62. The number of carbonyl (C=O) groups excluding carboxylic acids is 1. The molecule has 5 nitrogen and oxygen atoms in total. The Hall–Kier alpha value is -2.69. The van der Waals surface area contributed by atoms with Gasteiger partial charge in [0.15, 0.2) is 0 Å². The van der Waals surface area contributed by atoms with Crippen molar-refractivity contribution in [2.45, 2.75) is 25.7 Å². The Morgan fingerprint density at radius 2 is 2.00 bits per heavy atom. The predicted octanol–water partition coefficient (Wildman–Crippen LogP) is 3.39. The van der Waals surface area contributed by atoms with Gasteiger partial charge in [0, 0.05) is 5.39 Å². The standard InChI is InChI=1S/C17H16N4O/c22-17(21-11-19-15-7-3-4-8-16(15)21)20-13-9-12-5-1-2-6-14(12)18-10-13/h1-2,5-6,9-11H,3-4,7-8H2,(H,20,22). The minimum atomic E-state index is -0.173. The number of rotatable bonds is 1. The average molecular weight is 292 g/mol. The SMILES string of the molecule is O=C(Nc1cnc2ccccc2c1)n1cnc2c1CCCC2. The lowest BCUT2D eigenvalue weighted by Crippen LogP contribution is -2.22. The van der Waals surface area contributed by atoms with Crippen molar-refractivity contribution in [2.24, 2.45) is 0 Å². The number of pyridine rings is 1. The number of aryl methyl sites for hydroxylation is 1. The van der Waals surface area contributed by atoms with Crippen LogP contribution in [0.4, 0.5) is 10.5 Å². The monoisotopic (exact) mass is 292 g/mol. The van der Waals surface area contributed by atoms with Crippen LogP contribution in [-0.4, -0.2) is 20.6 Å². The largest absolute Gasteiger partial charge is 0.331 e. The molecule has 5 heteroatoms. The number of benzene rings is 1. The smallest absolute Gasteiger partial charge is 0.306 e. The molecule has 1 amide bonds. The third kappa shape index (κ3) is 2.24. The average Bonchev–Trinajstić information content (AvgIpc) is 2.99. The van der Waals surface area contributed by atoms with E-state index in [4.69, 9.17) is 0 Å². The molecule has 0 aliphatic heterocycles. The van der Waals surface area contributed by atoms with Crippen LogP contribution in [0, 0.1) is 0 Å². The third-order valence-corrected chi connectivity index (χ3v) is 4.09. The Morgan fingerprint density at radius 1 is 1.14 bits per heavy atom. The highest BCUT2D eigenvalue weighted by Gasteiger charge is 2.18. The van der Waals surface area contributed by atoms with E-state index in [1.165, 1.54) is 0 Å². The molecule has 0 saturated carbocycles. The lowest BCUT2D eigenvalue weighted by Gasteiger charge is -2.13. The summed E-state index contributed by atoms with van der Waals surface area (Å²) in [6.45, 7) is 0. The minimum absolute atomic E-state index is 0.173. The molecule has 0 spiro atoms. The van der Waals surface area contributed by atoms with Crippen LogP contribution in [0.2, 0.25) is 0 Å². The third-order valence-electron chi connectivity index (χ3n) is 4.09. The van der Waals surface area contributed by atoms with Gasteiger partial charge in [-0.25, -0.2) is 9.78 Å². The molecule has 110 valence electrons. The second-order valence-electron chi connectivity index (χ2n) is 5.56. The lowest BCUT2D eigenvalue weighted by atomic mass is 10.0. The number of nitrogens with zero attached hydrogens (tertiary/aromatic N) is 3. The summed E-state index contributed by atoms with van der Waals surface area (Å²) in [4.78, 5) is 21.2. The van der Waals surface area contributed by atoms with Crippen molar-refractivity contribution in [3.05, 3.63) is 54.2 Å². The molecule has 1 aliphatic rings. The van der Waals surface area contributed by atoms with Gasteiger partial charge in [-0.2, -0.15) is 0 Å². The first-order valence-electron chi connectivity index (χ1n) is 7.52. The molecule has 1 aromatic carbocycles. The summed E-state index contributed by atoms with van der Waals surface area (Å²) in [6.07, 6.45) is 7.46. The topological polar surface area (TPSA) is 59.8 Å². The summed E-state index contributed by atoms with van der Waals surface area (Å²) in [7, 11) is 0. The van der Waals surface area contributed by atoms with Crippen LogP contribution in [0.3, 0.4) is 0 Å². The number of aromatic nitrogens is 3. The van der Waals surface area contributed by atoms with Crippen molar-refractivity contribution >= 4 is 22.6 Å². The lowest BCUT2D eigenvalue weighted by molar-refractivity contribution is 0.252. The van der Waals surface area contributed by atoms with Gasteiger partial charge in [-0.1, -0.05) is 18.2 Å². The number of carbonyl (C=O) groups is 1. The quantitative estimate of drug-likeness (QED) is 0.748. The molecular weight excluding hydrogens is 276 g/mol. The van der Waals surface area contributed by atoms with Gasteiger partial charge in [0.1, 0.15) is 6.33 Å². The van der Waals surface area contributed by atoms with Gasteiger partial charge in [0.2, 0.25) is 0 Å². The van der Waals surface area contributed by atoms with Gasteiger partial charge in [0.05, 0.1) is 28.8 Å². The van der Waals surface area contributed by atoms with Crippen molar-refractivity contribution in [1.29, 1.82) is 0 Å². The fourth-order valence-corrected chi connectivity index (χ4v) is 2.97. The molecule has 0 unspecified atom stereocenters. The van der Waals surface area contributed by atoms with E-state index in [0.29, 0.717) is 5.69 Å². The Bertz CT molecular complexity index is 853. The maximum atomic E-state index is 12.5. The summed E-state index contributed by atoms with van der Waals surface area (Å²) in [6, 6.07) is 9.61. The number of hydrogen-bond donors (Lipinski definition) is 1. The number of nitrogens with one attached hydrogen (secondary N) is 1. The number of fused-ring (bicyclic) bond motifs is 2. The van der Waals surface area contributed by atoms with E-state index in [9.17, 15) is 4.79 Å². The maximum absolute atomic E-state index is 12.5. The van der Waals surface area contributed by atoms with Crippen LogP contribution in [0.15, 0.2) is 42.9 Å². The van der Waals surface area contributed by atoms with Crippen molar-refractivity contribution in [1.82, 2.24) is 14.5 Å². The van der Waals surface area contributed by atoms with Crippen molar-refractivity contribution in [3.8, 4) is 0 Å². The summed E-state index contributed by atoms with van der Waals surface area (Å²) < 4.78 is 1.63. The molecule has 3 aromatic rings. The fourth-order valence-electron chi connectivity index (χ4n) is 2.97. The van der Waals surface area contributed by atoms with Gasteiger partial charge in [-0.05, 0) is 37.8 Å². The number of hydrogen-bond acceptors (Lipinski definition) is 3. The van der Waals surface area contributed by atoms with E-state index in [-0.39, 0.29) is 6.03 Å². The summed E-state index contributed by atoms with van der Waals surface area (Å²) in [5, 5.41) is 3.92. The second-order valence-corrected chi connectivity index (χ2v) is 5.56. The number of amides is 1. The van der Waals surface area contributed by atoms with Gasteiger partial charge < -0.3 is 5.32 Å². The Kier molecular flexibility index (Phi) is 3.11. The first kappa shape index (κ1) is 13.0. The molecule has 2 heterocycles. The molecule has 1 aliphatic carbocycles. The first-order chi connectivity index (χ1) is 10.8. The predicted molar refractivity (Wildman–Crippen MR) is 85.0 cm³/mol. The van der Waals surface area contributed by atoms with Gasteiger partial charge in [0.25, 0.3) is 0 Å². The molecule has 0 radical (unpaired) electrons. The summed E-state index contributed by atoms with van der Waals surface area (Å²) in [5.41, 5.74) is 3.71. The molecule has 0 saturated heterocycles. The van der Waals surface area contributed by atoms with E-state index in [0.717, 1.165) is 48.0 Å². The van der Waals surface area contributed by atoms with E-state index < -0.39 is 0 Å². The Morgan fingerprint density at radius 3 is 2.95 bits per heavy atom.